The molecule has 1 aliphatic heterocycles. The van der Waals surface area contributed by atoms with Gasteiger partial charge in [-0.15, -0.1) is 0 Å². The van der Waals surface area contributed by atoms with Gasteiger partial charge >= 0.3 is 5.97 Å². The number of ether oxygens (including phenoxy) is 2. The van der Waals surface area contributed by atoms with E-state index in [0.29, 0.717) is 56.3 Å². The Morgan fingerprint density at radius 3 is 2.15 bits per heavy atom. The van der Waals surface area contributed by atoms with Gasteiger partial charge in [-0.1, -0.05) is 32.0 Å². The monoisotopic (exact) mass is 553 g/mol. The lowest BCUT2D eigenvalue weighted by molar-refractivity contribution is 0.0523. The van der Waals surface area contributed by atoms with E-state index >= 15 is 0 Å². The number of methoxy groups -OCH3 is 1. The lowest BCUT2D eigenvalue weighted by atomic mass is 10.1. The van der Waals surface area contributed by atoms with Crippen molar-refractivity contribution in [1.82, 2.24) is 20.5 Å². The maximum Gasteiger partial charge on any atom is 0.345 e. The highest BCUT2D eigenvalue weighted by Crippen LogP contribution is 2.31. The number of carbonyl (C=O) groups excluding carboxylic acids is 2. The van der Waals surface area contributed by atoms with Gasteiger partial charge in [-0.2, -0.15) is 0 Å². The summed E-state index contributed by atoms with van der Waals surface area (Å²) in [4.78, 5) is 45.8. The number of hydrogen-bond acceptors (Lipinski definition) is 8. The fraction of sp³-hybridized carbons (Fsp3) is 0.433. The van der Waals surface area contributed by atoms with Crippen molar-refractivity contribution in [3.63, 3.8) is 0 Å². The summed E-state index contributed by atoms with van der Waals surface area (Å²) in [6.45, 7) is 8.90. The molecule has 1 fully saturated rings. The van der Waals surface area contributed by atoms with Gasteiger partial charge in [0.15, 0.2) is 0 Å². The summed E-state index contributed by atoms with van der Waals surface area (Å²) in [6, 6.07) is 14.7. The molecule has 1 aromatic heterocycles. The second-order valence-corrected chi connectivity index (χ2v) is 9.23. The molecule has 10 heteroatoms. The van der Waals surface area contributed by atoms with Gasteiger partial charge in [0, 0.05) is 50.2 Å². The molecule has 3 aromatic rings. The molecule has 1 saturated heterocycles. The van der Waals surface area contributed by atoms with Gasteiger partial charge in [0.1, 0.15) is 11.3 Å². The Morgan fingerprint density at radius 2 is 1.57 bits per heavy atom. The first-order chi connectivity index (χ1) is 18.8. The number of fused-ring (bicyclic) bond motifs is 1. The zero-order chi connectivity index (χ0) is 28.5. The zero-order valence-corrected chi connectivity index (χ0v) is 24.6. The molecule has 4 rings (SSSR count). The Bertz CT molecular complexity index is 1330. The molecule has 2 heterocycles. The number of likely N-dealkylation sites (N-methyl/N-ethyl adjacent to an activating group) is 1. The van der Waals surface area contributed by atoms with Crippen molar-refractivity contribution in [3.05, 3.63) is 70.0 Å². The molecular weight excluding hydrogens is 510 g/mol. The number of pyridine rings is 1. The van der Waals surface area contributed by atoms with E-state index in [-0.39, 0.29) is 29.8 Å². The molecule has 1 amide bonds. The predicted molar refractivity (Wildman–Crippen MR) is 160 cm³/mol. The third kappa shape index (κ3) is 7.00. The summed E-state index contributed by atoms with van der Waals surface area (Å²) in [6.07, 6.45) is 0. The van der Waals surface area contributed by atoms with Gasteiger partial charge in [-0.3, -0.25) is 9.59 Å². The summed E-state index contributed by atoms with van der Waals surface area (Å²) in [5, 5.41) is 0.818. The molecule has 0 spiro atoms. The first-order valence-electron chi connectivity index (χ1n) is 13.5. The van der Waals surface area contributed by atoms with E-state index in [1.54, 1.807) is 47.8 Å². The Hall–Kier alpha value is -3.89. The summed E-state index contributed by atoms with van der Waals surface area (Å²) in [5.74, 6) is 0.0144. The van der Waals surface area contributed by atoms with Crippen LogP contribution in [0.4, 0.5) is 5.69 Å². The number of anilines is 1. The highest BCUT2D eigenvalue weighted by molar-refractivity contribution is 6.05. The van der Waals surface area contributed by atoms with Crippen LogP contribution in [0.2, 0.25) is 0 Å². The zero-order valence-electron chi connectivity index (χ0n) is 24.6. The minimum Gasteiger partial charge on any atom is -0.497 e. The topological polar surface area (TPSA) is 119 Å². The molecule has 40 heavy (non-hydrogen) atoms. The second kappa shape index (κ2) is 15.0. The fourth-order valence-electron chi connectivity index (χ4n) is 4.68. The summed E-state index contributed by atoms with van der Waals surface area (Å²) >= 11 is 0. The number of hydrogen-bond donors (Lipinski definition) is 1. The van der Waals surface area contributed by atoms with Gasteiger partial charge in [0.25, 0.3) is 11.5 Å². The normalized spacial score (nSPS) is 12.9. The molecule has 0 atom stereocenters. The van der Waals surface area contributed by atoms with Crippen LogP contribution in [0.15, 0.2) is 53.3 Å². The average molecular weight is 554 g/mol. The van der Waals surface area contributed by atoms with Crippen molar-refractivity contribution in [2.24, 2.45) is 0 Å². The minimum absolute atomic E-state index is 0. The highest BCUT2D eigenvalue weighted by Gasteiger charge is 2.30. The number of benzene rings is 2. The van der Waals surface area contributed by atoms with Crippen molar-refractivity contribution in [2.45, 2.75) is 27.3 Å². The number of amides is 1. The Labute approximate surface area is 236 Å². The van der Waals surface area contributed by atoms with Crippen LogP contribution in [0.25, 0.3) is 10.9 Å². The number of carbonyl (C=O) groups is 2. The van der Waals surface area contributed by atoms with Crippen LogP contribution in [-0.2, 0) is 11.3 Å². The summed E-state index contributed by atoms with van der Waals surface area (Å²) < 4.78 is 12.2. The van der Waals surface area contributed by atoms with E-state index in [1.807, 2.05) is 62.0 Å². The molecule has 2 aromatic carbocycles. The molecular formula is C30H43N5O5. The Kier molecular flexibility index (Phi) is 12.2. The smallest absolute Gasteiger partial charge is 0.345 e. The number of esters is 1. The van der Waals surface area contributed by atoms with E-state index in [9.17, 15) is 14.4 Å². The van der Waals surface area contributed by atoms with Crippen LogP contribution in [0.3, 0.4) is 0 Å². The van der Waals surface area contributed by atoms with Crippen LogP contribution in [-0.4, -0.2) is 86.8 Å². The quantitative estimate of drug-likeness (QED) is 0.417. The van der Waals surface area contributed by atoms with E-state index in [1.165, 1.54) is 0 Å². The van der Waals surface area contributed by atoms with Crippen LogP contribution in [0.1, 0.15) is 41.5 Å². The average Bonchev–Trinajstić information content (AvgIpc) is 2.97. The van der Waals surface area contributed by atoms with Crippen LogP contribution < -0.4 is 21.3 Å². The molecule has 0 radical (unpaired) electrons. The number of rotatable bonds is 8. The third-order valence-electron chi connectivity index (χ3n) is 6.62. The maximum atomic E-state index is 13.7. The molecule has 0 unspecified atom stereocenters. The van der Waals surface area contributed by atoms with E-state index in [0.717, 1.165) is 10.9 Å². The minimum atomic E-state index is -0.622. The summed E-state index contributed by atoms with van der Waals surface area (Å²) in [5.41, 5.74) is 1.64. The van der Waals surface area contributed by atoms with Crippen LogP contribution in [0.5, 0.6) is 5.75 Å². The molecule has 0 bridgehead atoms. The van der Waals surface area contributed by atoms with Crippen molar-refractivity contribution < 1.29 is 19.1 Å². The number of aromatic nitrogens is 1. The molecule has 3 N–H and O–H groups in total. The standard InChI is InChI=1S/C28H34N4O5.C2H6.H3N/c1-5-37-28(35)24-25(22-8-6-7-9-23(22)32(27(24)34)19-14-29(2)3)30-15-17-31(18-16-30)26(33)20-10-12-21(36-4)13-11-20;1-2;/h6-13H,5,14-19H2,1-4H3;1-2H3;1H3. The lowest BCUT2D eigenvalue weighted by Gasteiger charge is -2.37. The van der Waals surface area contributed by atoms with Crippen LogP contribution in [0, 0.1) is 0 Å². The Balaban J connectivity index is 0.00000183. The van der Waals surface area contributed by atoms with E-state index in [4.69, 9.17) is 9.47 Å². The highest BCUT2D eigenvalue weighted by atomic mass is 16.5. The molecule has 218 valence electrons. The van der Waals surface area contributed by atoms with Crippen molar-refractivity contribution >= 4 is 28.5 Å². The van der Waals surface area contributed by atoms with E-state index < -0.39 is 5.97 Å². The largest absolute Gasteiger partial charge is 0.497 e. The van der Waals surface area contributed by atoms with Gasteiger partial charge in [-0.05, 0) is 51.4 Å². The molecule has 10 nitrogen and oxygen atoms in total. The molecule has 0 saturated carbocycles. The Morgan fingerprint density at radius 1 is 0.950 bits per heavy atom. The second-order valence-electron chi connectivity index (χ2n) is 9.23. The van der Waals surface area contributed by atoms with Gasteiger partial charge in [-0.25, -0.2) is 4.79 Å². The van der Waals surface area contributed by atoms with Gasteiger partial charge < -0.3 is 34.9 Å². The number of nitrogens with zero attached hydrogens (tertiary/aromatic N) is 4. The maximum absolute atomic E-state index is 13.7. The van der Waals surface area contributed by atoms with Gasteiger partial charge in [0.05, 0.1) is 24.9 Å². The predicted octanol–water partition coefficient (Wildman–Crippen LogP) is 3.90. The SMILES string of the molecule is CC.CCOC(=O)c1c(N2CCN(C(=O)c3ccc(OC)cc3)CC2)c2ccccc2n(CCN(C)C)c1=O.N. The van der Waals surface area contributed by atoms with Crippen molar-refractivity contribution in [3.8, 4) is 5.75 Å². The van der Waals surface area contributed by atoms with Gasteiger partial charge in [0.2, 0.25) is 0 Å². The first kappa shape index (κ1) is 32.3. The lowest BCUT2D eigenvalue weighted by Crippen LogP contribution is -2.49. The fourth-order valence-corrected chi connectivity index (χ4v) is 4.68. The first-order valence-corrected chi connectivity index (χ1v) is 13.5. The molecule has 0 aliphatic carbocycles. The molecule has 1 aliphatic rings. The summed E-state index contributed by atoms with van der Waals surface area (Å²) in [7, 11) is 5.48. The number of piperazine rings is 1. The van der Waals surface area contributed by atoms with Crippen LogP contribution >= 0.6 is 0 Å². The van der Waals surface area contributed by atoms with Crippen molar-refractivity contribution in [2.75, 3.05) is 65.4 Å². The third-order valence-corrected chi connectivity index (χ3v) is 6.62. The van der Waals surface area contributed by atoms with E-state index in [2.05, 4.69) is 0 Å². The number of para-hydroxylation sites is 1. The van der Waals surface area contributed by atoms with Crippen molar-refractivity contribution in [1.29, 1.82) is 0 Å².